The predicted octanol–water partition coefficient (Wildman–Crippen LogP) is 1.28. The van der Waals surface area contributed by atoms with Gasteiger partial charge in [0.1, 0.15) is 22.9 Å². The lowest BCUT2D eigenvalue weighted by atomic mass is 9.88. The van der Waals surface area contributed by atoms with E-state index in [0.29, 0.717) is 40.9 Å². The van der Waals surface area contributed by atoms with Gasteiger partial charge in [-0.2, -0.15) is 9.61 Å². The summed E-state index contributed by atoms with van der Waals surface area (Å²) in [5.41, 5.74) is 0.603. The van der Waals surface area contributed by atoms with Crippen molar-refractivity contribution in [3.8, 4) is 0 Å². The summed E-state index contributed by atoms with van der Waals surface area (Å²) < 4.78 is 8.74. The average molecular weight is 466 g/mol. The standard InChI is InChI=1S/C23H27N7O4/c1-24-19-9-18(26-14-4-3-7-29(22(14)33)15-5-6-16(15)31)28-20-13(11-25-30(19)20)21(32)27-17-8-12-10-23(12,17)34-2/h3-4,7,9,11-12,15-17,24,31H,5-6,8,10H2,1-2H3,(H,26,28)(H,27,32)/t12?,15?,16-,17+,23+/m1/s1. The smallest absolute Gasteiger partial charge is 0.274 e. The van der Waals surface area contributed by atoms with E-state index in [0.717, 1.165) is 19.3 Å². The van der Waals surface area contributed by atoms with Crippen molar-refractivity contribution in [2.24, 2.45) is 5.92 Å². The largest absolute Gasteiger partial charge is 0.391 e. The quantitative estimate of drug-likeness (QED) is 0.410. The maximum Gasteiger partial charge on any atom is 0.274 e. The lowest BCUT2D eigenvalue weighted by molar-refractivity contribution is -0.0132. The number of aromatic nitrogens is 4. The van der Waals surface area contributed by atoms with Gasteiger partial charge in [-0.25, -0.2) is 4.98 Å². The number of aliphatic hydroxyl groups is 1. The number of hydrogen-bond acceptors (Lipinski definition) is 8. The van der Waals surface area contributed by atoms with Crippen molar-refractivity contribution in [2.75, 3.05) is 24.8 Å². The summed E-state index contributed by atoms with van der Waals surface area (Å²) in [5, 5.41) is 23.5. The number of carbonyl (C=O) groups is 1. The first-order valence-electron chi connectivity index (χ1n) is 11.5. The Morgan fingerprint density at radius 2 is 2.21 bits per heavy atom. The number of anilines is 3. The van der Waals surface area contributed by atoms with Crippen LogP contribution >= 0.6 is 0 Å². The van der Waals surface area contributed by atoms with E-state index >= 15 is 0 Å². The van der Waals surface area contributed by atoms with Crippen LogP contribution in [-0.4, -0.2) is 62.1 Å². The van der Waals surface area contributed by atoms with Gasteiger partial charge in [0.15, 0.2) is 5.65 Å². The van der Waals surface area contributed by atoms with Gasteiger partial charge >= 0.3 is 0 Å². The first-order chi connectivity index (χ1) is 16.4. The van der Waals surface area contributed by atoms with Crippen molar-refractivity contribution in [1.82, 2.24) is 24.5 Å². The summed E-state index contributed by atoms with van der Waals surface area (Å²) in [6, 6.07) is 4.93. The molecule has 11 nitrogen and oxygen atoms in total. The van der Waals surface area contributed by atoms with E-state index in [1.54, 1.807) is 47.6 Å². The molecule has 3 aromatic rings. The number of aliphatic hydroxyl groups excluding tert-OH is 1. The molecule has 178 valence electrons. The van der Waals surface area contributed by atoms with Gasteiger partial charge in [0, 0.05) is 26.4 Å². The molecule has 0 saturated heterocycles. The zero-order valence-electron chi connectivity index (χ0n) is 19.0. The van der Waals surface area contributed by atoms with Gasteiger partial charge < -0.3 is 30.4 Å². The molecule has 3 saturated carbocycles. The van der Waals surface area contributed by atoms with E-state index in [4.69, 9.17) is 4.74 Å². The van der Waals surface area contributed by atoms with E-state index < -0.39 is 6.10 Å². The Labute approximate surface area is 195 Å². The molecule has 11 heteroatoms. The minimum atomic E-state index is -0.509. The van der Waals surface area contributed by atoms with Gasteiger partial charge in [0.25, 0.3) is 11.5 Å². The first-order valence-corrected chi connectivity index (χ1v) is 11.5. The van der Waals surface area contributed by atoms with Gasteiger partial charge in [-0.15, -0.1) is 0 Å². The number of methoxy groups -OCH3 is 1. The Morgan fingerprint density at radius 3 is 2.85 bits per heavy atom. The van der Waals surface area contributed by atoms with Crippen LogP contribution in [0, 0.1) is 5.92 Å². The Kier molecular flexibility index (Phi) is 4.68. The molecule has 34 heavy (non-hydrogen) atoms. The number of rotatable bonds is 7. The molecule has 0 aliphatic heterocycles. The molecule has 3 fully saturated rings. The number of fused-ring (bicyclic) bond motifs is 2. The SMILES string of the molecule is CNc1cc(Nc2cccn(C3CC[C@H]3O)c2=O)nc2c(C(=O)N[C@H]3CC4C[C@]43OC)cnn12. The van der Waals surface area contributed by atoms with Crippen molar-refractivity contribution in [3.63, 3.8) is 0 Å². The van der Waals surface area contributed by atoms with Crippen LogP contribution in [0.25, 0.3) is 5.65 Å². The molecule has 1 amide bonds. The molecule has 6 rings (SSSR count). The van der Waals surface area contributed by atoms with E-state index in [-0.39, 0.29) is 29.2 Å². The second kappa shape index (κ2) is 7.54. The first kappa shape index (κ1) is 21.1. The number of carbonyl (C=O) groups excluding carboxylic acids is 1. The summed E-state index contributed by atoms with van der Waals surface area (Å²) in [4.78, 5) is 30.7. The lowest BCUT2D eigenvalue weighted by Gasteiger charge is -2.35. The average Bonchev–Trinajstić information content (AvgIpc) is 3.18. The Morgan fingerprint density at radius 1 is 1.35 bits per heavy atom. The molecule has 3 heterocycles. The summed E-state index contributed by atoms with van der Waals surface area (Å²) in [6.45, 7) is 0. The molecular formula is C23H27N7O4. The predicted molar refractivity (Wildman–Crippen MR) is 125 cm³/mol. The van der Waals surface area contributed by atoms with Crippen molar-refractivity contribution in [3.05, 3.63) is 46.5 Å². The molecule has 2 unspecified atom stereocenters. The fraction of sp³-hybridized carbons (Fsp3) is 0.478. The number of nitrogens with one attached hydrogen (secondary N) is 3. The lowest BCUT2D eigenvalue weighted by Crippen LogP contribution is -2.53. The molecule has 3 aliphatic rings. The zero-order chi connectivity index (χ0) is 23.6. The normalized spacial score (nSPS) is 29.0. The van der Waals surface area contributed by atoms with Crippen LogP contribution in [0.3, 0.4) is 0 Å². The highest BCUT2D eigenvalue weighted by molar-refractivity contribution is 6.00. The maximum absolute atomic E-state index is 13.1. The molecule has 3 aromatic heterocycles. The van der Waals surface area contributed by atoms with Crippen LogP contribution in [0.4, 0.5) is 17.3 Å². The number of pyridine rings is 1. The van der Waals surface area contributed by atoms with Gasteiger partial charge in [0.05, 0.1) is 30.0 Å². The Bertz CT molecular complexity index is 1350. The van der Waals surface area contributed by atoms with Crippen molar-refractivity contribution >= 4 is 28.9 Å². The molecule has 5 atom stereocenters. The highest BCUT2D eigenvalue weighted by Gasteiger charge is 2.69. The number of amides is 1. The topological polar surface area (TPSA) is 135 Å². The maximum atomic E-state index is 13.1. The minimum absolute atomic E-state index is 0.0142. The number of ether oxygens (including phenoxy) is 1. The third kappa shape index (κ3) is 3.03. The van der Waals surface area contributed by atoms with Crippen LogP contribution in [0.1, 0.15) is 42.1 Å². The molecule has 0 aromatic carbocycles. The van der Waals surface area contributed by atoms with E-state index in [1.807, 2.05) is 0 Å². The van der Waals surface area contributed by atoms with Gasteiger partial charge in [-0.3, -0.25) is 9.59 Å². The fourth-order valence-corrected chi connectivity index (χ4v) is 5.33. The van der Waals surface area contributed by atoms with Crippen LogP contribution in [0.15, 0.2) is 35.4 Å². The highest BCUT2D eigenvalue weighted by Crippen LogP contribution is 2.61. The summed E-state index contributed by atoms with van der Waals surface area (Å²) in [5.74, 6) is 1.29. The second-order valence-electron chi connectivity index (χ2n) is 9.36. The summed E-state index contributed by atoms with van der Waals surface area (Å²) in [6.07, 6.45) is 6.02. The second-order valence-corrected chi connectivity index (χ2v) is 9.36. The molecule has 3 aliphatic carbocycles. The van der Waals surface area contributed by atoms with Crippen LogP contribution in [0.2, 0.25) is 0 Å². The van der Waals surface area contributed by atoms with Crippen LogP contribution < -0.4 is 21.5 Å². The van der Waals surface area contributed by atoms with Crippen molar-refractivity contribution < 1.29 is 14.6 Å². The monoisotopic (exact) mass is 465 g/mol. The number of hydrogen-bond donors (Lipinski definition) is 4. The molecule has 0 bridgehead atoms. The van der Waals surface area contributed by atoms with Gasteiger partial charge in [0.2, 0.25) is 0 Å². The molecule has 4 N–H and O–H groups in total. The van der Waals surface area contributed by atoms with Gasteiger partial charge in [-0.1, -0.05) is 0 Å². The third-order valence-corrected chi connectivity index (χ3v) is 7.66. The van der Waals surface area contributed by atoms with Crippen LogP contribution in [-0.2, 0) is 4.74 Å². The summed E-state index contributed by atoms with van der Waals surface area (Å²) in [7, 11) is 3.44. The van der Waals surface area contributed by atoms with Crippen LogP contribution in [0.5, 0.6) is 0 Å². The van der Waals surface area contributed by atoms with E-state index in [9.17, 15) is 14.7 Å². The van der Waals surface area contributed by atoms with Crippen molar-refractivity contribution in [2.45, 2.75) is 49.5 Å². The van der Waals surface area contributed by atoms with Gasteiger partial charge in [-0.05, 0) is 43.7 Å². The zero-order valence-corrected chi connectivity index (χ0v) is 19.0. The van der Waals surface area contributed by atoms with E-state index in [1.165, 1.54) is 6.20 Å². The van der Waals surface area contributed by atoms with Crippen molar-refractivity contribution in [1.29, 1.82) is 0 Å². The molecular weight excluding hydrogens is 438 g/mol. The molecule has 0 spiro atoms. The highest BCUT2D eigenvalue weighted by atomic mass is 16.5. The number of nitrogens with zero attached hydrogens (tertiary/aromatic N) is 4. The summed E-state index contributed by atoms with van der Waals surface area (Å²) >= 11 is 0. The Hall–Kier alpha value is -3.44. The molecule has 0 radical (unpaired) electrons. The minimum Gasteiger partial charge on any atom is -0.391 e. The fourth-order valence-electron chi connectivity index (χ4n) is 5.33. The third-order valence-electron chi connectivity index (χ3n) is 7.66. The Balaban J connectivity index is 1.31. The van der Waals surface area contributed by atoms with E-state index in [2.05, 4.69) is 26.0 Å².